The summed E-state index contributed by atoms with van der Waals surface area (Å²) in [4.78, 5) is 13.3. The second-order valence-electron chi connectivity index (χ2n) is 9.82. The number of aliphatic imine (C=N–C) groups is 1. The maximum Gasteiger partial charge on any atom is 0.177 e. The van der Waals surface area contributed by atoms with Gasteiger partial charge in [-0.15, -0.1) is 11.3 Å². The molecule has 0 saturated heterocycles. The van der Waals surface area contributed by atoms with Crippen molar-refractivity contribution in [3.8, 4) is 22.0 Å². The number of hydrogen-bond donors (Lipinski definition) is 3. The number of nitrogens with one attached hydrogen (secondary N) is 3. The van der Waals surface area contributed by atoms with E-state index in [1.54, 1.807) is 12.3 Å². The summed E-state index contributed by atoms with van der Waals surface area (Å²) < 4.78 is 13.7. The predicted octanol–water partition coefficient (Wildman–Crippen LogP) is 7.47. The average Bonchev–Trinajstić information content (AvgIpc) is 3.58. The second kappa shape index (κ2) is 9.87. The van der Waals surface area contributed by atoms with Gasteiger partial charge in [-0.1, -0.05) is 32.6 Å². The Morgan fingerprint density at radius 2 is 1.97 bits per heavy atom. The molecule has 6 nitrogen and oxygen atoms in total. The van der Waals surface area contributed by atoms with E-state index in [0.717, 1.165) is 84.1 Å². The molecule has 6 rings (SSSR count). The standard InChI is InChI=1S/C30H27FN6S/c1-17(2)12-18(3)34-21-13-20(8-10-32-16-21)19-4-5-25-22(14-19)29(37-36-25)26-15-23-24(35-26)9-11-33-30(23)27-6-7-28(31)38-27/h4-9,11,13-17,34-35H,3,10,12H2,1-2H3,(H,36,37). The first-order valence-electron chi connectivity index (χ1n) is 12.5. The van der Waals surface area contributed by atoms with Gasteiger partial charge >= 0.3 is 0 Å². The summed E-state index contributed by atoms with van der Waals surface area (Å²) in [7, 11) is 0. The van der Waals surface area contributed by atoms with Crippen LogP contribution in [0, 0.1) is 11.0 Å². The van der Waals surface area contributed by atoms with Crippen molar-refractivity contribution in [3.63, 3.8) is 0 Å². The van der Waals surface area contributed by atoms with Gasteiger partial charge in [-0.3, -0.25) is 15.1 Å². The highest BCUT2D eigenvalue weighted by Crippen LogP contribution is 2.36. The molecule has 0 amide bonds. The van der Waals surface area contributed by atoms with Crippen LogP contribution in [0.3, 0.4) is 0 Å². The van der Waals surface area contributed by atoms with Crippen molar-refractivity contribution in [1.29, 1.82) is 0 Å². The Kier molecular flexibility index (Phi) is 6.25. The zero-order valence-corrected chi connectivity index (χ0v) is 22.0. The molecule has 4 aromatic heterocycles. The number of thiophene rings is 1. The fourth-order valence-corrected chi connectivity index (χ4v) is 5.54. The molecule has 190 valence electrons. The van der Waals surface area contributed by atoms with Gasteiger partial charge < -0.3 is 10.3 Å². The summed E-state index contributed by atoms with van der Waals surface area (Å²) in [5.41, 5.74) is 8.37. The van der Waals surface area contributed by atoms with Crippen molar-refractivity contribution in [1.82, 2.24) is 25.5 Å². The Morgan fingerprint density at radius 3 is 2.79 bits per heavy atom. The number of rotatable bonds is 7. The summed E-state index contributed by atoms with van der Waals surface area (Å²) >= 11 is 1.09. The van der Waals surface area contributed by atoms with Crippen molar-refractivity contribution in [2.75, 3.05) is 6.54 Å². The molecule has 38 heavy (non-hydrogen) atoms. The van der Waals surface area contributed by atoms with E-state index in [0.29, 0.717) is 12.5 Å². The van der Waals surface area contributed by atoms with Crippen LogP contribution in [0.4, 0.5) is 4.39 Å². The molecule has 5 aromatic rings. The molecular weight excluding hydrogens is 495 g/mol. The Balaban J connectivity index is 1.37. The molecule has 1 aliphatic heterocycles. The van der Waals surface area contributed by atoms with Gasteiger partial charge in [-0.05, 0) is 65.9 Å². The number of halogens is 1. The molecule has 0 unspecified atom stereocenters. The molecule has 1 aliphatic rings. The summed E-state index contributed by atoms with van der Waals surface area (Å²) in [6.45, 7) is 9.13. The zero-order chi connectivity index (χ0) is 26.2. The largest absolute Gasteiger partial charge is 0.358 e. The van der Waals surface area contributed by atoms with Gasteiger partial charge in [0.2, 0.25) is 0 Å². The van der Waals surface area contributed by atoms with E-state index in [1.165, 1.54) is 6.07 Å². The number of pyridine rings is 1. The Hall–Kier alpha value is -4.30. The highest BCUT2D eigenvalue weighted by Gasteiger charge is 2.16. The number of benzene rings is 1. The highest BCUT2D eigenvalue weighted by atomic mass is 32.1. The van der Waals surface area contributed by atoms with Gasteiger partial charge in [-0.2, -0.15) is 9.49 Å². The van der Waals surface area contributed by atoms with Gasteiger partial charge in [0, 0.05) is 34.4 Å². The normalized spacial score (nSPS) is 13.7. The number of fused-ring (bicyclic) bond motifs is 2. The second-order valence-corrected chi connectivity index (χ2v) is 10.9. The summed E-state index contributed by atoms with van der Waals surface area (Å²) in [6, 6.07) is 13.5. The summed E-state index contributed by atoms with van der Waals surface area (Å²) in [6.07, 6.45) is 8.75. The topological polar surface area (TPSA) is 81.8 Å². The van der Waals surface area contributed by atoms with Crippen molar-refractivity contribution >= 4 is 44.9 Å². The van der Waals surface area contributed by atoms with E-state index < -0.39 is 0 Å². The Morgan fingerprint density at radius 1 is 1.11 bits per heavy atom. The van der Waals surface area contributed by atoms with Crippen molar-refractivity contribution in [2.45, 2.75) is 20.3 Å². The minimum atomic E-state index is -0.227. The van der Waals surface area contributed by atoms with Crippen LogP contribution < -0.4 is 5.32 Å². The van der Waals surface area contributed by atoms with Crippen LogP contribution in [0.25, 0.3) is 49.3 Å². The van der Waals surface area contributed by atoms with Crippen molar-refractivity contribution in [3.05, 3.63) is 89.5 Å². The van der Waals surface area contributed by atoms with Crippen LogP contribution in [0.15, 0.2) is 83.8 Å². The van der Waals surface area contributed by atoms with Crippen LogP contribution in [0.1, 0.15) is 25.8 Å². The third kappa shape index (κ3) is 4.70. The number of aromatic amines is 2. The molecule has 5 heterocycles. The quantitative estimate of drug-likeness (QED) is 0.207. The van der Waals surface area contributed by atoms with E-state index in [-0.39, 0.29) is 5.13 Å². The molecule has 1 aromatic carbocycles. The van der Waals surface area contributed by atoms with E-state index in [2.05, 4.69) is 81.3 Å². The van der Waals surface area contributed by atoms with Crippen LogP contribution in [0.5, 0.6) is 0 Å². The van der Waals surface area contributed by atoms with Gasteiger partial charge in [0.05, 0.1) is 34.0 Å². The average molecular weight is 523 g/mol. The maximum atomic E-state index is 13.7. The summed E-state index contributed by atoms with van der Waals surface area (Å²) in [5.74, 6) is 0.526. The van der Waals surface area contributed by atoms with Gasteiger partial charge in [-0.25, -0.2) is 0 Å². The van der Waals surface area contributed by atoms with Gasteiger partial charge in [0.1, 0.15) is 5.69 Å². The molecular formula is C30H27FN6S. The molecule has 0 fully saturated rings. The first-order valence-corrected chi connectivity index (χ1v) is 13.3. The van der Waals surface area contributed by atoms with E-state index in [4.69, 9.17) is 0 Å². The van der Waals surface area contributed by atoms with Crippen molar-refractivity contribution < 1.29 is 4.39 Å². The van der Waals surface area contributed by atoms with Crippen LogP contribution >= 0.6 is 11.3 Å². The molecule has 0 bridgehead atoms. The highest BCUT2D eigenvalue weighted by molar-refractivity contribution is 7.13. The lowest BCUT2D eigenvalue weighted by Gasteiger charge is -2.12. The van der Waals surface area contributed by atoms with E-state index >= 15 is 0 Å². The lowest BCUT2D eigenvalue weighted by atomic mass is 10.0. The van der Waals surface area contributed by atoms with Crippen molar-refractivity contribution in [2.24, 2.45) is 10.9 Å². The van der Waals surface area contributed by atoms with Crippen LogP contribution in [-0.2, 0) is 0 Å². The van der Waals surface area contributed by atoms with Gasteiger partial charge in [0.25, 0.3) is 0 Å². The lowest BCUT2D eigenvalue weighted by molar-refractivity contribution is 0.623. The minimum absolute atomic E-state index is 0.227. The van der Waals surface area contributed by atoms with Crippen LogP contribution in [0.2, 0.25) is 0 Å². The number of aromatic nitrogens is 4. The first-order chi connectivity index (χ1) is 18.4. The molecule has 8 heteroatoms. The Bertz CT molecular complexity index is 1760. The molecule has 0 saturated carbocycles. The molecule has 0 atom stereocenters. The molecule has 0 aliphatic carbocycles. The van der Waals surface area contributed by atoms with Crippen LogP contribution in [-0.4, -0.2) is 32.9 Å². The van der Waals surface area contributed by atoms with Gasteiger partial charge in [0.15, 0.2) is 5.13 Å². The third-order valence-corrected chi connectivity index (χ3v) is 7.32. The monoisotopic (exact) mass is 522 g/mol. The third-order valence-electron chi connectivity index (χ3n) is 6.44. The number of allylic oxidation sites excluding steroid dienone is 4. The van der Waals surface area contributed by atoms with E-state index in [9.17, 15) is 4.39 Å². The fourth-order valence-electron chi connectivity index (χ4n) is 4.80. The number of H-pyrrole nitrogens is 2. The number of hydrogen-bond acceptors (Lipinski definition) is 5. The molecule has 0 spiro atoms. The SMILES string of the molecule is C=C(CC(C)C)NC1=CC(c2ccc3[nH]nc(-c4cc5c(-c6ccc(F)s6)nccc5[nH]4)c3c2)=CCN=C1. The molecule has 3 N–H and O–H groups in total. The maximum absolute atomic E-state index is 13.7. The predicted molar refractivity (Wildman–Crippen MR) is 156 cm³/mol. The smallest absolute Gasteiger partial charge is 0.177 e. The minimum Gasteiger partial charge on any atom is -0.358 e. The van der Waals surface area contributed by atoms with E-state index in [1.807, 2.05) is 18.3 Å². The fraction of sp³-hybridized carbons (Fsp3) is 0.167. The summed E-state index contributed by atoms with van der Waals surface area (Å²) in [5, 5.41) is 12.9. The first kappa shape index (κ1) is 24.1. The Labute approximate surface area is 223 Å². The lowest BCUT2D eigenvalue weighted by Crippen LogP contribution is -2.14. The number of nitrogens with zero attached hydrogens (tertiary/aromatic N) is 3. The molecule has 0 radical (unpaired) electrons. The zero-order valence-electron chi connectivity index (χ0n) is 21.2.